The van der Waals surface area contributed by atoms with Crippen molar-refractivity contribution in [2.24, 2.45) is 7.05 Å². The fourth-order valence-electron chi connectivity index (χ4n) is 5.27. The van der Waals surface area contributed by atoms with Crippen molar-refractivity contribution in [1.29, 1.82) is 5.26 Å². The minimum Gasteiger partial charge on any atom is -0.492 e. The van der Waals surface area contributed by atoms with Crippen LogP contribution in [-0.4, -0.2) is 48.3 Å². The summed E-state index contributed by atoms with van der Waals surface area (Å²) in [6, 6.07) is 6.96. The third-order valence-corrected chi connectivity index (χ3v) is 7.54. The maximum absolute atomic E-state index is 14.2. The van der Waals surface area contributed by atoms with E-state index >= 15 is 0 Å². The summed E-state index contributed by atoms with van der Waals surface area (Å²) in [5.41, 5.74) is -0.342. The predicted molar refractivity (Wildman–Crippen MR) is 149 cm³/mol. The van der Waals surface area contributed by atoms with Gasteiger partial charge in [-0.05, 0) is 50.5 Å². The van der Waals surface area contributed by atoms with Crippen LogP contribution in [-0.2, 0) is 26.2 Å². The number of carbonyl (C=O) groups excluding carboxylic acids is 1. The molecule has 0 radical (unpaired) electrons. The molecular formula is C30H28F3N7O3. The van der Waals surface area contributed by atoms with Gasteiger partial charge in [-0.2, -0.15) is 23.5 Å². The van der Waals surface area contributed by atoms with Crippen molar-refractivity contribution < 1.29 is 22.7 Å². The number of aryl methyl sites for hydroxylation is 2. The van der Waals surface area contributed by atoms with E-state index < -0.39 is 29.0 Å². The number of imidazole rings is 1. The molecule has 0 unspecified atom stereocenters. The van der Waals surface area contributed by atoms with Crippen molar-refractivity contribution in [3.63, 3.8) is 0 Å². The lowest BCUT2D eigenvalue weighted by Gasteiger charge is -2.35. The molecule has 43 heavy (non-hydrogen) atoms. The largest absolute Gasteiger partial charge is 0.492 e. The first-order chi connectivity index (χ1) is 20.4. The van der Waals surface area contributed by atoms with E-state index in [4.69, 9.17) is 4.74 Å². The summed E-state index contributed by atoms with van der Waals surface area (Å²) in [7, 11) is 1.28. The fourth-order valence-corrected chi connectivity index (χ4v) is 5.27. The maximum Gasteiger partial charge on any atom is 0.418 e. The number of rotatable bonds is 7. The molecule has 0 bridgehead atoms. The zero-order valence-corrected chi connectivity index (χ0v) is 23.9. The van der Waals surface area contributed by atoms with E-state index in [1.165, 1.54) is 13.2 Å². The molecule has 222 valence electrons. The second-order valence-corrected chi connectivity index (χ2v) is 10.2. The SMILES string of the molecule is CCOc1cc([C@H](C)N2CCc3c(cc(Cn4ccnc4C)cc3-c3nn(C)c(=O)cc3C(F)(F)F)C2=O)ncc1C#N. The molecule has 13 heteroatoms. The van der Waals surface area contributed by atoms with E-state index in [-0.39, 0.29) is 42.1 Å². The lowest BCUT2D eigenvalue weighted by molar-refractivity contribution is -0.137. The average molecular weight is 592 g/mol. The van der Waals surface area contributed by atoms with Crippen LogP contribution in [0.5, 0.6) is 5.75 Å². The lowest BCUT2D eigenvalue weighted by Crippen LogP contribution is -2.40. The van der Waals surface area contributed by atoms with E-state index in [0.717, 1.165) is 4.68 Å². The molecule has 0 N–H and O–H groups in total. The van der Waals surface area contributed by atoms with Gasteiger partial charge in [0.05, 0.1) is 23.9 Å². The molecule has 1 aromatic carbocycles. The highest BCUT2D eigenvalue weighted by atomic mass is 19.4. The summed E-state index contributed by atoms with van der Waals surface area (Å²) >= 11 is 0. The van der Waals surface area contributed by atoms with Crippen LogP contribution in [0.3, 0.4) is 0 Å². The zero-order chi connectivity index (χ0) is 31.1. The van der Waals surface area contributed by atoms with Crippen LogP contribution in [0.2, 0.25) is 0 Å². The molecule has 0 fully saturated rings. The van der Waals surface area contributed by atoms with Gasteiger partial charge in [-0.1, -0.05) is 0 Å². The minimum atomic E-state index is -4.85. The Balaban J connectivity index is 1.65. The van der Waals surface area contributed by atoms with Crippen molar-refractivity contribution in [2.45, 2.75) is 46.0 Å². The highest BCUT2D eigenvalue weighted by molar-refractivity contribution is 5.99. The third kappa shape index (κ3) is 5.60. The maximum atomic E-state index is 14.2. The quantitative estimate of drug-likeness (QED) is 0.312. The highest BCUT2D eigenvalue weighted by Crippen LogP contribution is 2.40. The van der Waals surface area contributed by atoms with Gasteiger partial charge in [-0.25, -0.2) is 9.67 Å². The number of hydrogen-bond donors (Lipinski definition) is 0. The molecule has 5 rings (SSSR count). The van der Waals surface area contributed by atoms with Gasteiger partial charge in [0, 0.05) is 62.0 Å². The van der Waals surface area contributed by atoms with Crippen molar-refractivity contribution in [3.05, 3.63) is 92.5 Å². The molecule has 3 aromatic heterocycles. The van der Waals surface area contributed by atoms with Gasteiger partial charge in [0.15, 0.2) is 0 Å². The molecule has 0 spiro atoms. The number of alkyl halides is 3. The van der Waals surface area contributed by atoms with Crippen molar-refractivity contribution in [3.8, 4) is 23.1 Å². The van der Waals surface area contributed by atoms with E-state index in [0.29, 0.717) is 41.1 Å². The van der Waals surface area contributed by atoms with Crippen molar-refractivity contribution in [1.82, 2.24) is 29.2 Å². The summed E-state index contributed by atoms with van der Waals surface area (Å²) in [5.74, 6) is 0.656. The second-order valence-electron chi connectivity index (χ2n) is 10.2. The highest BCUT2D eigenvalue weighted by Gasteiger charge is 2.38. The number of hydrogen-bond acceptors (Lipinski definition) is 7. The molecule has 0 aliphatic carbocycles. The zero-order valence-electron chi connectivity index (χ0n) is 23.9. The molecule has 4 aromatic rings. The Labute approximate surface area is 245 Å². The average Bonchev–Trinajstić information content (AvgIpc) is 3.37. The first-order valence-electron chi connectivity index (χ1n) is 13.6. The van der Waals surface area contributed by atoms with Gasteiger partial charge in [0.2, 0.25) is 0 Å². The molecule has 1 aliphatic rings. The number of nitriles is 1. The van der Waals surface area contributed by atoms with Crippen molar-refractivity contribution in [2.75, 3.05) is 13.2 Å². The Morgan fingerprint density at radius 1 is 1.14 bits per heavy atom. The number of halogens is 3. The Bertz CT molecular complexity index is 1820. The first-order valence-corrected chi connectivity index (χ1v) is 13.6. The smallest absolute Gasteiger partial charge is 0.418 e. The first kappa shape index (κ1) is 29.5. The van der Waals surface area contributed by atoms with Crippen LogP contribution in [0.1, 0.15) is 64.0 Å². The van der Waals surface area contributed by atoms with Gasteiger partial charge in [0.1, 0.15) is 28.9 Å². The standard InChI is InChI=1S/C30H28F3N7O3/c1-5-43-26-13-25(36-15-20(26)14-34)17(2)40-8-6-21-22(28-24(30(31,32)33)12-27(41)38(4)37-28)10-19(11-23(21)29(40)42)16-39-9-7-35-18(39)3/h7,9-13,15,17H,5-6,8,16H2,1-4H3/t17-/m0/s1. The normalized spacial score (nSPS) is 13.9. The van der Waals surface area contributed by atoms with Gasteiger partial charge in [-0.3, -0.25) is 14.6 Å². The molecule has 0 saturated carbocycles. The molecule has 1 amide bonds. The number of benzene rings is 1. The third-order valence-electron chi connectivity index (χ3n) is 7.54. The minimum absolute atomic E-state index is 0.143. The number of aromatic nitrogens is 5. The van der Waals surface area contributed by atoms with E-state index in [2.05, 4.69) is 15.1 Å². The summed E-state index contributed by atoms with van der Waals surface area (Å²) in [5, 5.41) is 13.4. The van der Waals surface area contributed by atoms with E-state index in [1.807, 2.05) is 10.6 Å². The van der Waals surface area contributed by atoms with Gasteiger partial charge >= 0.3 is 6.18 Å². The molecule has 4 heterocycles. The second kappa shape index (κ2) is 11.4. The topological polar surface area (TPSA) is 119 Å². The van der Waals surface area contributed by atoms with E-state index in [9.17, 15) is 28.0 Å². The molecule has 1 atom stereocenters. The Morgan fingerprint density at radius 2 is 1.88 bits per heavy atom. The number of pyridine rings is 1. The fraction of sp³-hybridized carbons (Fsp3) is 0.333. The van der Waals surface area contributed by atoms with Gasteiger partial charge in [0.25, 0.3) is 11.5 Å². The van der Waals surface area contributed by atoms with E-state index in [1.54, 1.807) is 56.3 Å². The lowest BCUT2D eigenvalue weighted by atomic mass is 9.88. The molecule has 10 nitrogen and oxygen atoms in total. The van der Waals surface area contributed by atoms with Gasteiger partial charge in [-0.15, -0.1) is 0 Å². The Morgan fingerprint density at radius 3 is 2.53 bits per heavy atom. The summed E-state index contributed by atoms with van der Waals surface area (Å²) in [6.45, 7) is 6.16. The van der Waals surface area contributed by atoms with Gasteiger partial charge < -0.3 is 14.2 Å². The molecule has 1 aliphatic heterocycles. The molecule has 0 saturated heterocycles. The Kier molecular flexibility index (Phi) is 7.79. The van der Waals surface area contributed by atoms with Crippen LogP contribution >= 0.6 is 0 Å². The number of nitrogens with zero attached hydrogens (tertiary/aromatic N) is 7. The van der Waals surface area contributed by atoms with Crippen LogP contribution in [0.15, 0.2) is 47.7 Å². The van der Waals surface area contributed by atoms with Crippen LogP contribution in [0.4, 0.5) is 13.2 Å². The summed E-state index contributed by atoms with van der Waals surface area (Å²) in [4.78, 5) is 36.5. The van der Waals surface area contributed by atoms with Crippen LogP contribution in [0, 0.1) is 18.3 Å². The summed E-state index contributed by atoms with van der Waals surface area (Å²) in [6.07, 6.45) is 0.135. The Hall–Kier alpha value is -4.99. The van der Waals surface area contributed by atoms with Crippen LogP contribution < -0.4 is 10.3 Å². The number of amides is 1. The monoisotopic (exact) mass is 591 g/mol. The van der Waals surface area contributed by atoms with Crippen LogP contribution in [0.25, 0.3) is 11.3 Å². The number of carbonyl (C=O) groups is 1. The number of fused-ring (bicyclic) bond motifs is 1. The predicted octanol–water partition coefficient (Wildman–Crippen LogP) is 4.44. The number of ether oxygens (including phenoxy) is 1. The van der Waals surface area contributed by atoms with Crippen molar-refractivity contribution >= 4 is 5.91 Å². The molecular weight excluding hydrogens is 563 g/mol. The summed E-state index contributed by atoms with van der Waals surface area (Å²) < 4.78 is 50.9.